The average Bonchev–Trinajstić information content (AvgIpc) is 2.69. The lowest BCUT2D eigenvalue weighted by atomic mass is 10.1. The standard InChI is InChI=1S/C19H20N4O2/c20-12-15-4-5-18(21-13-15)23-8-6-22(7-9-23)14-16-2-1-3-17-19(16)25-11-10-24-17/h1-5,13H,6-11,14H2. The summed E-state index contributed by atoms with van der Waals surface area (Å²) in [5.74, 6) is 2.68. The van der Waals surface area contributed by atoms with Gasteiger partial charge < -0.3 is 14.4 Å². The number of nitrogens with zero attached hydrogens (tertiary/aromatic N) is 4. The number of para-hydroxylation sites is 1. The number of rotatable bonds is 3. The van der Waals surface area contributed by atoms with Crippen LogP contribution in [0.4, 0.5) is 5.82 Å². The third-order valence-corrected chi connectivity index (χ3v) is 4.61. The maximum atomic E-state index is 8.87. The smallest absolute Gasteiger partial charge is 0.165 e. The first-order valence-corrected chi connectivity index (χ1v) is 8.54. The summed E-state index contributed by atoms with van der Waals surface area (Å²) in [6, 6.07) is 12.0. The predicted molar refractivity (Wildman–Crippen MR) is 93.9 cm³/mol. The summed E-state index contributed by atoms with van der Waals surface area (Å²) in [5, 5.41) is 8.87. The molecule has 1 aromatic heterocycles. The van der Waals surface area contributed by atoms with Crippen molar-refractivity contribution < 1.29 is 9.47 Å². The Balaban J connectivity index is 1.38. The molecule has 0 atom stereocenters. The Morgan fingerprint density at radius 3 is 2.64 bits per heavy atom. The van der Waals surface area contributed by atoms with E-state index in [-0.39, 0.29) is 0 Å². The van der Waals surface area contributed by atoms with Crippen molar-refractivity contribution in [3.8, 4) is 17.6 Å². The molecule has 6 nitrogen and oxygen atoms in total. The molecule has 0 saturated carbocycles. The van der Waals surface area contributed by atoms with E-state index < -0.39 is 0 Å². The molecule has 2 aliphatic heterocycles. The average molecular weight is 336 g/mol. The molecule has 128 valence electrons. The van der Waals surface area contributed by atoms with Crippen LogP contribution in [0, 0.1) is 11.3 Å². The van der Waals surface area contributed by atoms with E-state index in [4.69, 9.17) is 14.7 Å². The van der Waals surface area contributed by atoms with Crippen LogP contribution in [0.2, 0.25) is 0 Å². The largest absolute Gasteiger partial charge is 0.486 e. The normalized spacial score (nSPS) is 17.2. The predicted octanol–water partition coefficient (Wildman–Crippen LogP) is 2.05. The fraction of sp³-hybridized carbons (Fsp3) is 0.368. The molecule has 0 bridgehead atoms. The van der Waals surface area contributed by atoms with E-state index in [0.717, 1.165) is 50.0 Å². The van der Waals surface area contributed by atoms with Gasteiger partial charge >= 0.3 is 0 Å². The molecule has 1 saturated heterocycles. The van der Waals surface area contributed by atoms with Crippen molar-refractivity contribution in [1.82, 2.24) is 9.88 Å². The van der Waals surface area contributed by atoms with Crippen LogP contribution >= 0.6 is 0 Å². The Bertz CT molecular complexity index is 777. The van der Waals surface area contributed by atoms with Gasteiger partial charge in [-0.05, 0) is 18.2 Å². The summed E-state index contributed by atoms with van der Waals surface area (Å²) in [6.07, 6.45) is 1.63. The molecule has 1 aromatic carbocycles. The maximum Gasteiger partial charge on any atom is 0.165 e. The number of benzene rings is 1. The van der Waals surface area contributed by atoms with Gasteiger partial charge in [0.25, 0.3) is 0 Å². The zero-order valence-electron chi connectivity index (χ0n) is 14.0. The van der Waals surface area contributed by atoms with Crippen LogP contribution in [0.3, 0.4) is 0 Å². The number of ether oxygens (including phenoxy) is 2. The van der Waals surface area contributed by atoms with Gasteiger partial charge in [-0.15, -0.1) is 0 Å². The molecule has 3 heterocycles. The molecular weight excluding hydrogens is 316 g/mol. The van der Waals surface area contributed by atoms with Gasteiger partial charge in [-0.3, -0.25) is 4.90 Å². The summed E-state index contributed by atoms with van der Waals surface area (Å²) in [5.41, 5.74) is 1.78. The van der Waals surface area contributed by atoms with Crippen molar-refractivity contribution in [1.29, 1.82) is 5.26 Å². The topological polar surface area (TPSA) is 61.6 Å². The van der Waals surface area contributed by atoms with Crippen LogP contribution in [0.15, 0.2) is 36.5 Å². The number of pyridine rings is 1. The molecule has 2 aliphatic rings. The van der Waals surface area contributed by atoms with Crippen molar-refractivity contribution in [3.63, 3.8) is 0 Å². The first kappa shape index (κ1) is 15.7. The maximum absolute atomic E-state index is 8.87. The molecule has 0 N–H and O–H groups in total. The van der Waals surface area contributed by atoms with Gasteiger partial charge in [0.05, 0.1) is 5.56 Å². The zero-order valence-corrected chi connectivity index (χ0v) is 14.0. The van der Waals surface area contributed by atoms with Gasteiger partial charge in [0.15, 0.2) is 11.5 Å². The summed E-state index contributed by atoms with van der Waals surface area (Å²) in [4.78, 5) is 9.07. The lowest BCUT2D eigenvalue weighted by Crippen LogP contribution is -2.46. The van der Waals surface area contributed by atoms with E-state index in [2.05, 4.69) is 26.9 Å². The lowest BCUT2D eigenvalue weighted by molar-refractivity contribution is 0.166. The SMILES string of the molecule is N#Cc1ccc(N2CCN(Cc3cccc4c3OCCO4)CC2)nc1. The third-order valence-electron chi connectivity index (χ3n) is 4.61. The van der Waals surface area contributed by atoms with Crippen LogP contribution < -0.4 is 14.4 Å². The fourth-order valence-corrected chi connectivity index (χ4v) is 3.27. The number of anilines is 1. The van der Waals surface area contributed by atoms with Crippen LogP contribution in [-0.4, -0.2) is 49.3 Å². The van der Waals surface area contributed by atoms with Gasteiger partial charge in [0.1, 0.15) is 25.1 Å². The van der Waals surface area contributed by atoms with E-state index in [1.165, 1.54) is 5.56 Å². The minimum Gasteiger partial charge on any atom is -0.486 e. The first-order valence-electron chi connectivity index (χ1n) is 8.54. The van der Waals surface area contributed by atoms with Crippen LogP contribution in [0.1, 0.15) is 11.1 Å². The van der Waals surface area contributed by atoms with Crippen molar-refractivity contribution in [2.24, 2.45) is 0 Å². The summed E-state index contributed by atoms with van der Waals surface area (Å²) in [6.45, 7) is 5.87. The van der Waals surface area contributed by atoms with Crippen LogP contribution in [-0.2, 0) is 6.54 Å². The monoisotopic (exact) mass is 336 g/mol. The summed E-state index contributed by atoms with van der Waals surface area (Å²) < 4.78 is 11.5. The first-order chi connectivity index (χ1) is 12.3. The Morgan fingerprint density at radius 1 is 1.04 bits per heavy atom. The Hall–Kier alpha value is -2.78. The lowest BCUT2D eigenvalue weighted by Gasteiger charge is -2.35. The molecular formula is C19H20N4O2. The molecule has 0 aliphatic carbocycles. The Morgan fingerprint density at radius 2 is 1.88 bits per heavy atom. The molecule has 2 aromatic rings. The van der Waals surface area contributed by atoms with E-state index >= 15 is 0 Å². The Labute approximate surface area is 147 Å². The van der Waals surface area contributed by atoms with E-state index in [1.54, 1.807) is 6.20 Å². The van der Waals surface area contributed by atoms with Crippen molar-refractivity contribution in [2.45, 2.75) is 6.54 Å². The van der Waals surface area contributed by atoms with Crippen LogP contribution in [0.25, 0.3) is 0 Å². The molecule has 1 fully saturated rings. The molecule has 0 spiro atoms. The molecule has 4 rings (SSSR count). The second-order valence-corrected chi connectivity index (χ2v) is 6.22. The number of piperazine rings is 1. The summed E-state index contributed by atoms with van der Waals surface area (Å²) in [7, 11) is 0. The second kappa shape index (κ2) is 6.99. The minimum atomic E-state index is 0.596. The minimum absolute atomic E-state index is 0.596. The highest BCUT2D eigenvalue weighted by atomic mass is 16.6. The number of nitriles is 1. The highest BCUT2D eigenvalue weighted by Gasteiger charge is 2.21. The fourth-order valence-electron chi connectivity index (χ4n) is 3.27. The van der Waals surface area contributed by atoms with E-state index in [0.29, 0.717) is 18.8 Å². The number of aromatic nitrogens is 1. The Kier molecular flexibility index (Phi) is 4.40. The van der Waals surface area contributed by atoms with Crippen molar-refractivity contribution >= 4 is 5.82 Å². The molecule has 6 heteroatoms. The van der Waals surface area contributed by atoms with Crippen molar-refractivity contribution in [3.05, 3.63) is 47.7 Å². The molecule has 25 heavy (non-hydrogen) atoms. The van der Waals surface area contributed by atoms with Gasteiger partial charge in [-0.25, -0.2) is 4.98 Å². The highest BCUT2D eigenvalue weighted by Crippen LogP contribution is 2.34. The second-order valence-electron chi connectivity index (χ2n) is 6.22. The van der Waals surface area contributed by atoms with Crippen molar-refractivity contribution in [2.75, 3.05) is 44.3 Å². The zero-order chi connectivity index (χ0) is 17.1. The number of fused-ring (bicyclic) bond motifs is 1. The van der Waals surface area contributed by atoms with E-state index in [9.17, 15) is 0 Å². The highest BCUT2D eigenvalue weighted by molar-refractivity contribution is 5.47. The van der Waals surface area contributed by atoms with E-state index in [1.807, 2.05) is 24.3 Å². The number of hydrogen-bond donors (Lipinski definition) is 0. The van der Waals surface area contributed by atoms with Gasteiger partial charge in [-0.1, -0.05) is 12.1 Å². The third kappa shape index (κ3) is 3.37. The van der Waals surface area contributed by atoms with Gasteiger partial charge in [0.2, 0.25) is 0 Å². The van der Waals surface area contributed by atoms with Crippen LogP contribution in [0.5, 0.6) is 11.5 Å². The molecule has 0 radical (unpaired) electrons. The van der Waals surface area contributed by atoms with Gasteiger partial charge in [-0.2, -0.15) is 5.26 Å². The number of hydrogen-bond acceptors (Lipinski definition) is 6. The summed E-state index contributed by atoms with van der Waals surface area (Å²) >= 11 is 0. The van der Waals surface area contributed by atoms with Gasteiger partial charge in [0, 0.05) is 44.5 Å². The molecule has 0 amide bonds. The molecule has 0 unspecified atom stereocenters. The quantitative estimate of drug-likeness (QED) is 0.855.